The standard InChI is InChI=1S/C18H25NO2/c1-13-7-16(10-18(2,3)9-13)21-12-14-5-6-17(20-4)15(8-14)11-19/h5-6,8,13,16H,7,9-10,12H2,1-4H3. The number of nitrogens with zero attached hydrogens (tertiary/aromatic N) is 1. The molecule has 0 aromatic heterocycles. The van der Waals surface area contributed by atoms with E-state index in [1.807, 2.05) is 18.2 Å². The summed E-state index contributed by atoms with van der Waals surface area (Å²) >= 11 is 0. The highest BCUT2D eigenvalue weighted by atomic mass is 16.5. The van der Waals surface area contributed by atoms with E-state index in [9.17, 15) is 0 Å². The molecule has 2 rings (SSSR count). The van der Waals surface area contributed by atoms with Crippen molar-refractivity contribution < 1.29 is 9.47 Å². The Bertz CT molecular complexity index is 531. The molecule has 0 amide bonds. The molecule has 0 aliphatic heterocycles. The van der Waals surface area contributed by atoms with Crippen LogP contribution in [-0.2, 0) is 11.3 Å². The molecule has 1 aromatic carbocycles. The molecule has 0 bridgehead atoms. The SMILES string of the molecule is COc1ccc(COC2CC(C)CC(C)(C)C2)cc1C#N. The van der Waals surface area contributed by atoms with Crippen molar-refractivity contribution >= 4 is 0 Å². The zero-order valence-corrected chi connectivity index (χ0v) is 13.5. The lowest BCUT2D eigenvalue weighted by atomic mass is 9.71. The molecule has 0 heterocycles. The van der Waals surface area contributed by atoms with E-state index in [-0.39, 0.29) is 0 Å². The van der Waals surface area contributed by atoms with Gasteiger partial charge in [0.1, 0.15) is 11.8 Å². The van der Waals surface area contributed by atoms with Crippen LogP contribution in [0.1, 0.15) is 51.2 Å². The molecule has 0 spiro atoms. The first kappa shape index (κ1) is 15.9. The third-order valence-corrected chi connectivity index (χ3v) is 4.22. The van der Waals surface area contributed by atoms with E-state index in [1.54, 1.807) is 7.11 Å². The van der Waals surface area contributed by atoms with Gasteiger partial charge in [0.15, 0.2) is 0 Å². The van der Waals surface area contributed by atoms with Crippen molar-refractivity contribution in [2.75, 3.05) is 7.11 Å². The van der Waals surface area contributed by atoms with Crippen molar-refractivity contribution in [2.45, 2.75) is 52.7 Å². The van der Waals surface area contributed by atoms with Gasteiger partial charge in [-0.3, -0.25) is 0 Å². The Balaban J connectivity index is 1.98. The first-order valence-corrected chi connectivity index (χ1v) is 7.62. The van der Waals surface area contributed by atoms with Crippen LogP contribution >= 0.6 is 0 Å². The van der Waals surface area contributed by atoms with Crippen molar-refractivity contribution in [3.05, 3.63) is 29.3 Å². The van der Waals surface area contributed by atoms with Crippen LogP contribution in [0, 0.1) is 22.7 Å². The summed E-state index contributed by atoms with van der Waals surface area (Å²) in [5.74, 6) is 1.33. The van der Waals surface area contributed by atoms with Crippen LogP contribution in [0.3, 0.4) is 0 Å². The van der Waals surface area contributed by atoms with Gasteiger partial charge in [-0.25, -0.2) is 0 Å². The fourth-order valence-corrected chi connectivity index (χ4v) is 3.53. The molecule has 21 heavy (non-hydrogen) atoms. The molecule has 1 fully saturated rings. The van der Waals surface area contributed by atoms with Crippen LogP contribution in [0.15, 0.2) is 18.2 Å². The molecule has 0 saturated heterocycles. The minimum Gasteiger partial charge on any atom is -0.495 e. The maximum absolute atomic E-state index is 9.12. The van der Waals surface area contributed by atoms with Gasteiger partial charge in [0.05, 0.1) is 25.4 Å². The van der Waals surface area contributed by atoms with Gasteiger partial charge in [-0.2, -0.15) is 5.26 Å². The second kappa shape index (κ2) is 6.49. The quantitative estimate of drug-likeness (QED) is 0.829. The first-order valence-electron chi connectivity index (χ1n) is 7.62. The van der Waals surface area contributed by atoms with E-state index in [1.165, 1.54) is 6.42 Å². The van der Waals surface area contributed by atoms with E-state index in [2.05, 4.69) is 26.8 Å². The predicted octanol–water partition coefficient (Wildman–Crippen LogP) is 4.30. The fraction of sp³-hybridized carbons (Fsp3) is 0.611. The molecular formula is C18H25NO2. The van der Waals surface area contributed by atoms with Crippen LogP contribution in [0.25, 0.3) is 0 Å². The summed E-state index contributed by atoms with van der Waals surface area (Å²) < 4.78 is 11.3. The summed E-state index contributed by atoms with van der Waals surface area (Å²) in [4.78, 5) is 0. The van der Waals surface area contributed by atoms with E-state index in [4.69, 9.17) is 14.7 Å². The topological polar surface area (TPSA) is 42.2 Å². The highest BCUT2D eigenvalue weighted by molar-refractivity contribution is 5.45. The van der Waals surface area contributed by atoms with Gasteiger partial charge >= 0.3 is 0 Å². The molecule has 0 radical (unpaired) electrons. The first-order chi connectivity index (χ1) is 9.93. The minimum absolute atomic E-state index is 0.316. The second-order valence-electron chi connectivity index (χ2n) is 6.99. The number of hydrogen-bond donors (Lipinski definition) is 0. The van der Waals surface area contributed by atoms with E-state index in [0.29, 0.717) is 35.4 Å². The number of benzene rings is 1. The van der Waals surface area contributed by atoms with Gasteiger partial charge in [0.25, 0.3) is 0 Å². The molecule has 3 heteroatoms. The average molecular weight is 287 g/mol. The smallest absolute Gasteiger partial charge is 0.136 e. The summed E-state index contributed by atoms with van der Waals surface area (Å²) in [5, 5.41) is 9.12. The number of rotatable bonds is 4. The summed E-state index contributed by atoms with van der Waals surface area (Å²) in [6.45, 7) is 7.50. The Kier molecular flexibility index (Phi) is 4.90. The summed E-state index contributed by atoms with van der Waals surface area (Å²) in [6.07, 6.45) is 3.83. The Morgan fingerprint density at radius 2 is 2.10 bits per heavy atom. The van der Waals surface area contributed by atoms with Crippen LogP contribution in [0.5, 0.6) is 5.75 Å². The molecular weight excluding hydrogens is 262 g/mol. The molecule has 0 N–H and O–H groups in total. The van der Waals surface area contributed by atoms with Crippen molar-refractivity contribution in [1.82, 2.24) is 0 Å². The van der Waals surface area contributed by atoms with Gasteiger partial charge in [0, 0.05) is 0 Å². The van der Waals surface area contributed by atoms with Crippen molar-refractivity contribution in [3.8, 4) is 11.8 Å². The van der Waals surface area contributed by atoms with Gasteiger partial charge in [-0.15, -0.1) is 0 Å². The second-order valence-corrected chi connectivity index (χ2v) is 6.99. The zero-order valence-electron chi connectivity index (χ0n) is 13.5. The van der Waals surface area contributed by atoms with Gasteiger partial charge in [-0.1, -0.05) is 26.8 Å². The van der Waals surface area contributed by atoms with Gasteiger partial charge in [-0.05, 0) is 48.3 Å². The van der Waals surface area contributed by atoms with Crippen molar-refractivity contribution in [3.63, 3.8) is 0 Å². The third-order valence-electron chi connectivity index (χ3n) is 4.22. The molecule has 2 unspecified atom stereocenters. The highest BCUT2D eigenvalue weighted by Crippen LogP contribution is 2.39. The average Bonchev–Trinajstić information content (AvgIpc) is 2.42. The highest BCUT2D eigenvalue weighted by Gasteiger charge is 2.32. The predicted molar refractivity (Wildman–Crippen MR) is 83.1 cm³/mol. The normalized spacial score (nSPS) is 24.3. The number of methoxy groups -OCH3 is 1. The van der Waals surface area contributed by atoms with Crippen molar-refractivity contribution in [1.29, 1.82) is 5.26 Å². The van der Waals surface area contributed by atoms with Gasteiger partial charge in [0.2, 0.25) is 0 Å². The van der Waals surface area contributed by atoms with Crippen LogP contribution in [0.2, 0.25) is 0 Å². The number of nitriles is 1. The van der Waals surface area contributed by atoms with Crippen molar-refractivity contribution in [2.24, 2.45) is 11.3 Å². The molecule has 3 nitrogen and oxygen atoms in total. The van der Waals surface area contributed by atoms with Crippen LogP contribution in [-0.4, -0.2) is 13.2 Å². The molecule has 114 valence electrons. The monoisotopic (exact) mass is 287 g/mol. The zero-order chi connectivity index (χ0) is 15.5. The molecule has 1 aliphatic carbocycles. The Morgan fingerprint density at radius 1 is 1.33 bits per heavy atom. The van der Waals surface area contributed by atoms with E-state index < -0.39 is 0 Å². The number of ether oxygens (including phenoxy) is 2. The maximum atomic E-state index is 9.12. The lowest BCUT2D eigenvalue weighted by Crippen LogP contribution is -2.32. The summed E-state index contributed by atoms with van der Waals surface area (Å²) in [7, 11) is 1.58. The third kappa shape index (κ3) is 4.22. The molecule has 1 aliphatic rings. The lowest BCUT2D eigenvalue weighted by molar-refractivity contribution is -0.0316. The van der Waals surface area contributed by atoms with Gasteiger partial charge < -0.3 is 9.47 Å². The summed E-state index contributed by atoms with van der Waals surface area (Å²) in [6, 6.07) is 7.83. The number of hydrogen-bond acceptors (Lipinski definition) is 3. The molecule has 1 aromatic rings. The molecule has 2 atom stereocenters. The fourth-order valence-electron chi connectivity index (χ4n) is 3.53. The Hall–Kier alpha value is -1.53. The Morgan fingerprint density at radius 3 is 2.71 bits per heavy atom. The Labute approximate surface area is 127 Å². The molecule has 1 saturated carbocycles. The van der Waals surface area contributed by atoms with E-state index in [0.717, 1.165) is 18.4 Å². The largest absolute Gasteiger partial charge is 0.495 e. The lowest BCUT2D eigenvalue weighted by Gasteiger charge is -2.38. The van der Waals surface area contributed by atoms with E-state index >= 15 is 0 Å². The minimum atomic E-state index is 0.316. The summed E-state index contributed by atoms with van der Waals surface area (Å²) in [5.41, 5.74) is 1.96. The van der Waals surface area contributed by atoms with Crippen LogP contribution in [0.4, 0.5) is 0 Å². The maximum Gasteiger partial charge on any atom is 0.136 e. The van der Waals surface area contributed by atoms with Crippen LogP contribution < -0.4 is 4.74 Å².